The number of carbonyl (C=O) groups is 1. The van der Waals surface area contributed by atoms with E-state index in [2.05, 4.69) is 27.4 Å². The zero-order valence-electron chi connectivity index (χ0n) is 11.4. The van der Waals surface area contributed by atoms with Crippen molar-refractivity contribution in [3.8, 4) is 6.01 Å². The Morgan fingerprint density at radius 1 is 1.20 bits per heavy atom. The summed E-state index contributed by atoms with van der Waals surface area (Å²) < 4.78 is 4.85. The highest BCUT2D eigenvalue weighted by atomic mass is 16.5. The molecule has 1 aromatic heterocycles. The van der Waals surface area contributed by atoms with Gasteiger partial charge in [-0.05, 0) is 18.4 Å². The van der Waals surface area contributed by atoms with Crippen molar-refractivity contribution >= 4 is 11.6 Å². The van der Waals surface area contributed by atoms with Gasteiger partial charge in [0.1, 0.15) is 0 Å². The van der Waals surface area contributed by atoms with Crippen LogP contribution in [0.4, 0.5) is 5.69 Å². The predicted octanol–water partition coefficient (Wildman–Crippen LogP) is 2.45. The van der Waals surface area contributed by atoms with E-state index in [1.54, 1.807) is 0 Å². The molecule has 1 N–H and O–H groups in total. The Morgan fingerprint density at radius 3 is 2.55 bits per heavy atom. The van der Waals surface area contributed by atoms with Crippen molar-refractivity contribution in [1.82, 2.24) is 9.97 Å². The quantitative estimate of drug-likeness (QED) is 0.876. The highest BCUT2D eigenvalue weighted by molar-refractivity contribution is 5.90. The first-order chi connectivity index (χ1) is 9.78. The van der Waals surface area contributed by atoms with Crippen molar-refractivity contribution in [3.63, 3.8) is 0 Å². The Balaban J connectivity index is 1.74. The van der Waals surface area contributed by atoms with Crippen LogP contribution in [0.5, 0.6) is 6.01 Å². The maximum atomic E-state index is 11.8. The van der Waals surface area contributed by atoms with Gasteiger partial charge in [-0.25, -0.2) is 9.97 Å². The van der Waals surface area contributed by atoms with E-state index in [-0.39, 0.29) is 11.9 Å². The van der Waals surface area contributed by atoms with Crippen LogP contribution in [0.15, 0.2) is 42.7 Å². The van der Waals surface area contributed by atoms with E-state index in [1.807, 2.05) is 18.2 Å². The summed E-state index contributed by atoms with van der Waals surface area (Å²) in [7, 11) is 1.50. The van der Waals surface area contributed by atoms with Gasteiger partial charge in [-0.2, -0.15) is 0 Å². The molecule has 5 heteroatoms. The second kappa shape index (κ2) is 7.23. The van der Waals surface area contributed by atoms with E-state index in [0.29, 0.717) is 12.1 Å². The number of nitrogens with one attached hydrogen (secondary N) is 1. The van der Waals surface area contributed by atoms with Gasteiger partial charge in [-0.3, -0.25) is 4.79 Å². The Bertz CT molecular complexity index is 541. The summed E-state index contributed by atoms with van der Waals surface area (Å²) in [6, 6.07) is 10.4. The zero-order chi connectivity index (χ0) is 14.2. The number of hydrogen-bond donors (Lipinski definition) is 1. The second-order valence-electron chi connectivity index (χ2n) is 4.35. The lowest BCUT2D eigenvalue weighted by Crippen LogP contribution is -2.12. The van der Waals surface area contributed by atoms with Crippen LogP contribution in [0.2, 0.25) is 0 Å². The molecular weight excluding hydrogens is 254 g/mol. The number of aryl methyl sites for hydroxylation is 1. The molecule has 0 aliphatic heterocycles. The van der Waals surface area contributed by atoms with Gasteiger partial charge in [0.2, 0.25) is 5.91 Å². The third-order valence-corrected chi connectivity index (χ3v) is 2.81. The normalized spacial score (nSPS) is 10.1. The molecule has 1 amide bonds. The molecule has 20 heavy (non-hydrogen) atoms. The van der Waals surface area contributed by atoms with Crippen LogP contribution in [0, 0.1) is 0 Å². The van der Waals surface area contributed by atoms with Gasteiger partial charge in [0.05, 0.1) is 25.2 Å². The number of ether oxygens (including phenoxy) is 1. The number of amides is 1. The molecule has 0 bridgehead atoms. The number of anilines is 1. The summed E-state index contributed by atoms with van der Waals surface area (Å²) >= 11 is 0. The summed E-state index contributed by atoms with van der Waals surface area (Å²) in [6.07, 6.45) is 5.24. The molecule has 0 fully saturated rings. The van der Waals surface area contributed by atoms with E-state index in [4.69, 9.17) is 4.74 Å². The molecule has 0 atom stereocenters. The average molecular weight is 271 g/mol. The molecule has 2 rings (SSSR count). The second-order valence-corrected chi connectivity index (χ2v) is 4.35. The summed E-state index contributed by atoms with van der Waals surface area (Å²) in [5.41, 5.74) is 1.82. The molecule has 0 unspecified atom stereocenters. The van der Waals surface area contributed by atoms with E-state index in [1.165, 1.54) is 25.1 Å². The monoisotopic (exact) mass is 271 g/mol. The first kappa shape index (κ1) is 14.0. The number of nitrogens with zero attached hydrogens (tertiary/aromatic N) is 2. The molecular formula is C15H17N3O2. The van der Waals surface area contributed by atoms with Crippen LogP contribution in [-0.2, 0) is 11.2 Å². The highest BCUT2D eigenvalue weighted by Gasteiger charge is 2.04. The van der Waals surface area contributed by atoms with Crippen molar-refractivity contribution in [3.05, 3.63) is 48.3 Å². The SMILES string of the molecule is COc1ncc(NC(=O)CCCc2ccccc2)cn1. The Labute approximate surface area is 118 Å². The topological polar surface area (TPSA) is 64.1 Å². The van der Waals surface area contributed by atoms with E-state index in [9.17, 15) is 4.79 Å². The Morgan fingerprint density at radius 2 is 1.90 bits per heavy atom. The van der Waals surface area contributed by atoms with Crippen LogP contribution in [-0.4, -0.2) is 23.0 Å². The summed E-state index contributed by atoms with van der Waals surface area (Å²) in [5.74, 6) is -0.0327. The molecule has 1 heterocycles. The molecule has 0 saturated carbocycles. The molecule has 0 radical (unpaired) electrons. The molecule has 0 saturated heterocycles. The number of benzene rings is 1. The van der Waals surface area contributed by atoms with Crippen molar-refractivity contribution < 1.29 is 9.53 Å². The molecule has 0 aliphatic carbocycles. The fraction of sp³-hybridized carbons (Fsp3) is 0.267. The maximum Gasteiger partial charge on any atom is 0.316 e. The number of hydrogen-bond acceptors (Lipinski definition) is 4. The molecule has 2 aromatic rings. The van der Waals surface area contributed by atoms with Crippen LogP contribution >= 0.6 is 0 Å². The minimum Gasteiger partial charge on any atom is -0.467 e. The van der Waals surface area contributed by atoms with Crippen molar-refractivity contribution in [1.29, 1.82) is 0 Å². The molecule has 0 aliphatic rings. The predicted molar refractivity (Wildman–Crippen MR) is 76.6 cm³/mol. The minimum atomic E-state index is -0.0327. The molecule has 1 aromatic carbocycles. The number of methoxy groups -OCH3 is 1. The van der Waals surface area contributed by atoms with Gasteiger partial charge in [0, 0.05) is 6.42 Å². The minimum absolute atomic E-state index is 0.0327. The van der Waals surface area contributed by atoms with Crippen molar-refractivity contribution in [2.24, 2.45) is 0 Å². The first-order valence-electron chi connectivity index (χ1n) is 6.48. The van der Waals surface area contributed by atoms with Crippen LogP contribution in [0.3, 0.4) is 0 Å². The van der Waals surface area contributed by atoms with Crippen LogP contribution < -0.4 is 10.1 Å². The maximum absolute atomic E-state index is 11.8. The fourth-order valence-electron chi connectivity index (χ4n) is 1.81. The lowest BCUT2D eigenvalue weighted by atomic mass is 10.1. The summed E-state index contributed by atoms with van der Waals surface area (Å²) in [6.45, 7) is 0. The van der Waals surface area contributed by atoms with Crippen molar-refractivity contribution in [2.45, 2.75) is 19.3 Å². The van der Waals surface area contributed by atoms with Crippen LogP contribution in [0.1, 0.15) is 18.4 Å². The molecule has 0 spiro atoms. The molecule has 104 valence electrons. The number of aromatic nitrogens is 2. The number of carbonyl (C=O) groups excluding carboxylic acids is 1. The third kappa shape index (κ3) is 4.35. The summed E-state index contributed by atoms with van der Waals surface area (Å²) in [4.78, 5) is 19.6. The third-order valence-electron chi connectivity index (χ3n) is 2.81. The van der Waals surface area contributed by atoms with Gasteiger partial charge in [0.25, 0.3) is 0 Å². The average Bonchev–Trinajstić information content (AvgIpc) is 2.49. The molecule has 5 nitrogen and oxygen atoms in total. The smallest absolute Gasteiger partial charge is 0.316 e. The highest BCUT2D eigenvalue weighted by Crippen LogP contribution is 2.09. The lowest BCUT2D eigenvalue weighted by molar-refractivity contribution is -0.116. The van der Waals surface area contributed by atoms with Gasteiger partial charge in [0.15, 0.2) is 0 Å². The van der Waals surface area contributed by atoms with Gasteiger partial charge in [-0.15, -0.1) is 0 Å². The van der Waals surface area contributed by atoms with Gasteiger partial charge < -0.3 is 10.1 Å². The van der Waals surface area contributed by atoms with Crippen molar-refractivity contribution in [2.75, 3.05) is 12.4 Å². The Kier molecular flexibility index (Phi) is 5.06. The lowest BCUT2D eigenvalue weighted by Gasteiger charge is -2.05. The van der Waals surface area contributed by atoms with Gasteiger partial charge in [-0.1, -0.05) is 30.3 Å². The zero-order valence-corrected chi connectivity index (χ0v) is 11.4. The van der Waals surface area contributed by atoms with Crippen LogP contribution in [0.25, 0.3) is 0 Å². The van der Waals surface area contributed by atoms with E-state index >= 15 is 0 Å². The fourth-order valence-corrected chi connectivity index (χ4v) is 1.81. The standard InChI is InChI=1S/C15H17N3O2/c1-20-15-16-10-13(11-17-15)18-14(19)9-5-8-12-6-3-2-4-7-12/h2-4,6-7,10-11H,5,8-9H2,1H3,(H,18,19). The summed E-state index contributed by atoms with van der Waals surface area (Å²) in [5, 5.41) is 2.76. The Hall–Kier alpha value is -2.43. The van der Waals surface area contributed by atoms with E-state index in [0.717, 1.165) is 12.8 Å². The van der Waals surface area contributed by atoms with Gasteiger partial charge >= 0.3 is 6.01 Å². The van der Waals surface area contributed by atoms with E-state index < -0.39 is 0 Å². The first-order valence-corrected chi connectivity index (χ1v) is 6.48. The largest absolute Gasteiger partial charge is 0.467 e. The number of rotatable bonds is 6.